The molecule has 0 saturated heterocycles. The molecule has 3 nitrogen and oxygen atoms in total. The van der Waals surface area contributed by atoms with Crippen molar-refractivity contribution < 1.29 is 14.6 Å². The molecule has 1 N–H and O–H groups in total. The molecule has 0 bridgehead atoms. The molecule has 0 aliphatic rings. The van der Waals surface area contributed by atoms with Gasteiger partial charge in [-0.25, -0.2) is 0 Å². The van der Waals surface area contributed by atoms with Gasteiger partial charge in [0, 0.05) is 17.0 Å². The van der Waals surface area contributed by atoms with E-state index in [9.17, 15) is 4.79 Å². The maximum absolute atomic E-state index is 10.7. The molecule has 0 spiro atoms. The summed E-state index contributed by atoms with van der Waals surface area (Å²) in [5.74, 6) is -0.0810. The third-order valence-corrected chi connectivity index (χ3v) is 2.97. The Kier molecular flexibility index (Phi) is 4.63. The average Bonchev–Trinajstić information content (AvgIpc) is 2.24. The molecular formula is C14H19ClO3. The van der Waals surface area contributed by atoms with Gasteiger partial charge in [-0.1, -0.05) is 32.4 Å². The minimum atomic E-state index is -0.825. The summed E-state index contributed by atoms with van der Waals surface area (Å²) in [7, 11) is 1.60. The minimum Gasteiger partial charge on any atom is -0.496 e. The standard InChI is InChI=1S/C14H19ClO3/c1-14(2,3)11-8-10(15)7-9(13(11)18-4)5-6-12(16)17/h7-8H,5-6H2,1-4H3,(H,16,17). The van der Waals surface area contributed by atoms with Crippen molar-refractivity contribution in [3.8, 4) is 5.75 Å². The van der Waals surface area contributed by atoms with Crippen LogP contribution in [0.5, 0.6) is 5.75 Å². The molecule has 0 unspecified atom stereocenters. The Morgan fingerprint density at radius 3 is 2.44 bits per heavy atom. The van der Waals surface area contributed by atoms with Crippen LogP contribution in [0.25, 0.3) is 0 Å². The number of methoxy groups -OCH3 is 1. The maximum atomic E-state index is 10.7. The number of aliphatic carboxylic acids is 1. The number of carbonyl (C=O) groups is 1. The zero-order chi connectivity index (χ0) is 13.9. The number of carboxylic acids is 1. The van der Waals surface area contributed by atoms with E-state index in [1.54, 1.807) is 13.2 Å². The van der Waals surface area contributed by atoms with Crippen LogP contribution >= 0.6 is 11.6 Å². The fourth-order valence-electron chi connectivity index (χ4n) is 1.88. The van der Waals surface area contributed by atoms with Gasteiger partial charge in [0.2, 0.25) is 0 Å². The van der Waals surface area contributed by atoms with Gasteiger partial charge in [0.05, 0.1) is 7.11 Å². The molecule has 0 fully saturated rings. The van der Waals surface area contributed by atoms with E-state index >= 15 is 0 Å². The lowest BCUT2D eigenvalue weighted by Gasteiger charge is -2.24. The summed E-state index contributed by atoms with van der Waals surface area (Å²) in [6.07, 6.45) is 0.489. The van der Waals surface area contributed by atoms with E-state index in [-0.39, 0.29) is 11.8 Å². The summed E-state index contributed by atoms with van der Waals surface area (Å²) in [5, 5.41) is 9.38. The molecule has 0 saturated carbocycles. The highest BCUT2D eigenvalue weighted by molar-refractivity contribution is 6.30. The van der Waals surface area contributed by atoms with Crippen LogP contribution in [-0.2, 0) is 16.6 Å². The Morgan fingerprint density at radius 2 is 2.00 bits per heavy atom. The quantitative estimate of drug-likeness (QED) is 0.908. The van der Waals surface area contributed by atoms with E-state index in [0.717, 1.165) is 16.9 Å². The van der Waals surface area contributed by atoms with Crippen LogP contribution in [0.2, 0.25) is 5.02 Å². The highest BCUT2D eigenvalue weighted by Crippen LogP contribution is 2.37. The van der Waals surface area contributed by atoms with Gasteiger partial charge in [-0.3, -0.25) is 4.79 Å². The molecule has 1 rings (SSSR count). The van der Waals surface area contributed by atoms with Crippen LogP contribution in [0.1, 0.15) is 38.3 Å². The van der Waals surface area contributed by atoms with Crippen LogP contribution in [0.4, 0.5) is 0 Å². The van der Waals surface area contributed by atoms with Crippen LogP contribution in [0.3, 0.4) is 0 Å². The lowest BCUT2D eigenvalue weighted by atomic mass is 9.84. The molecule has 1 aromatic rings. The monoisotopic (exact) mass is 270 g/mol. The molecule has 0 aliphatic carbocycles. The number of carboxylic acid groups (broad SMARTS) is 1. The Hall–Kier alpha value is -1.22. The zero-order valence-corrected chi connectivity index (χ0v) is 12.0. The molecule has 0 heterocycles. The topological polar surface area (TPSA) is 46.5 Å². The molecule has 4 heteroatoms. The van der Waals surface area contributed by atoms with Crippen molar-refractivity contribution in [1.29, 1.82) is 0 Å². The van der Waals surface area contributed by atoms with E-state index in [1.807, 2.05) is 6.07 Å². The predicted molar refractivity (Wildman–Crippen MR) is 72.7 cm³/mol. The fraction of sp³-hybridized carbons (Fsp3) is 0.500. The van der Waals surface area contributed by atoms with Gasteiger partial charge in [-0.15, -0.1) is 0 Å². The number of ether oxygens (including phenoxy) is 1. The van der Waals surface area contributed by atoms with Crippen molar-refractivity contribution in [2.24, 2.45) is 0 Å². The third-order valence-electron chi connectivity index (χ3n) is 2.75. The second-order valence-corrected chi connectivity index (χ2v) is 5.73. The van der Waals surface area contributed by atoms with E-state index in [1.165, 1.54) is 0 Å². The van der Waals surface area contributed by atoms with Crippen molar-refractivity contribution in [2.75, 3.05) is 7.11 Å². The summed E-state index contributed by atoms with van der Waals surface area (Å²) in [6, 6.07) is 3.66. The molecule has 1 aromatic carbocycles. The smallest absolute Gasteiger partial charge is 0.303 e. The molecule has 18 heavy (non-hydrogen) atoms. The van der Waals surface area contributed by atoms with Crippen molar-refractivity contribution in [1.82, 2.24) is 0 Å². The first-order chi connectivity index (χ1) is 8.25. The van der Waals surface area contributed by atoms with E-state index in [4.69, 9.17) is 21.4 Å². The summed E-state index contributed by atoms with van der Waals surface area (Å²) in [6.45, 7) is 6.21. The molecule has 0 amide bonds. The first-order valence-electron chi connectivity index (χ1n) is 5.84. The van der Waals surface area contributed by atoms with Gasteiger partial charge in [0.15, 0.2) is 0 Å². The second kappa shape index (κ2) is 5.61. The molecule has 0 radical (unpaired) electrons. The van der Waals surface area contributed by atoms with E-state index in [2.05, 4.69) is 20.8 Å². The molecule has 100 valence electrons. The van der Waals surface area contributed by atoms with E-state index in [0.29, 0.717) is 11.4 Å². The maximum Gasteiger partial charge on any atom is 0.303 e. The number of hydrogen-bond acceptors (Lipinski definition) is 2. The molecule has 0 aromatic heterocycles. The van der Waals surface area contributed by atoms with Gasteiger partial charge < -0.3 is 9.84 Å². The highest BCUT2D eigenvalue weighted by atomic mass is 35.5. The van der Waals surface area contributed by atoms with Crippen LogP contribution in [0, 0.1) is 0 Å². The van der Waals surface area contributed by atoms with Gasteiger partial charge in [-0.2, -0.15) is 0 Å². The highest BCUT2D eigenvalue weighted by Gasteiger charge is 2.22. The predicted octanol–water partition coefficient (Wildman–Crippen LogP) is 3.66. The second-order valence-electron chi connectivity index (χ2n) is 5.29. The number of rotatable bonds is 4. The van der Waals surface area contributed by atoms with Crippen molar-refractivity contribution in [2.45, 2.75) is 39.0 Å². The van der Waals surface area contributed by atoms with Crippen molar-refractivity contribution >= 4 is 17.6 Å². The number of aryl methyl sites for hydroxylation is 1. The van der Waals surface area contributed by atoms with Crippen molar-refractivity contribution in [3.63, 3.8) is 0 Å². The first kappa shape index (κ1) is 14.8. The Morgan fingerprint density at radius 1 is 1.39 bits per heavy atom. The summed E-state index contributed by atoms with van der Waals surface area (Å²) in [4.78, 5) is 10.7. The first-order valence-corrected chi connectivity index (χ1v) is 6.22. The molecular weight excluding hydrogens is 252 g/mol. The largest absolute Gasteiger partial charge is 0.496 e. The van der Waals surface area contributed by atoms with Gasteiger partial charge >= 0.3 is 5.97 Å². The third kappa shape index (κ3) is 3.64. The van der Waals surface area contributed by atoms with Gasteiger partial charge in [0.1, 0.15) is 5.75 Å². The van der Waals surface area contributed by atoms with E-state index < -0.39 is 5.97 Å². The number of hydrogen-bond donors (Lipinski definition) is 1. The summed E-state index contributed by atoms with van der Waals surface area (Å²) in [5.41, 5.74) is 1.74. The molecule has 0 atom stereocenters. The lowest BCUT2D eigenvalue weighted by molar-refractivity contribution is -0.136. The lowest BCUT2D eigenvalue weighted by Crippen LogP contribution is -2.14. The SMILES string of the molecule is COc1c(CCC(=O)O)cc(Cl)cc1C(C)(C)C. The number of halogens is 1. The normalized spacial score (nSPS) is 11.4. The minimum absolute atomic E-state index is 0.0697. The summed E-state index contributed by atoms with van der Waals surface area (Å²) < 4.78 is 5.44. The average molecular weight is 271 g/mol. The zero-order valence-electron chi connectivity index (χ0n) is 11.2. The fourth-order valence-corrected chi connectivity index (χ4v) is 2.12. The van der Waals surface area contributed by atoms with Gasteiger partial charge in [0.25, 0.3) is 0 Å². The van der Waals surface area contributed by atoms with Crippen LogP contribution in [-0.4, -0.2) is 18.2 Å². The molecule has 0 aliphatic heterocycles. The number of benzene rings is 1. The Labute approximate surface area is 113 Å². The van der Waals surface area contributed by atoms with Crippen molar-refractivity contribution in [3.05, 3.63) is 28.3 Å². The van der Waals surface area contributed by atoms with Crippen LogP contribution < -0.4 is 4.74 Å². The summed E-state index contributed by atoms with van der Waals surface area (Å²) >= 11 is 6.10. The Balaban J connectivity index is 3.24. The van der Waals surface area contributed by atoms with Crippen LogP contribution in [0.15, 0.2) is 12.1 Å². The Bertz CT molecular complexity index is 447. The van der Waals surface area contributed by atoms with Gasteiger partial charge in [-0.05, 0) is 29.5 Å².